The SMILES string of the molecule is CC(C)c1nc(Nc2ccn(C)n2)nc(-c2ccc(F)cc2)c1/C=C/[C@@H](O)C[C@@H](O)CC(=O)O. The summed E-state index contributed by atoms with van der Waals surface area (Å²) in [5.41, 5.74) is 2.48. The van der Waals surface area contributed by atoms with E-state index < -0.39 is 24.6 Å². The van der Waals surface area contributed by atoms with E-state index in [1.54, 1.807) is 42.2 Å². The lowest BCUT2D eigenvalue weighted by atomic mass is 9.97. The van der Waals surface area contributed by atoms with Crippen LogP contribution in [-0.4, -0.2) is 53.2 Å². The van der Waals surface area contributed by atoms with Crippen LogP contribution in [-0.2, 0) is 11.8 Å². The average Bonchev–Trinajstić information content (AvgIpc) is 3.16. The zero-order chi connectivity index (χ0) is 24.8. The van der Waals surface area contributed by atoms with Gasteiger partial charge in [0.05, 0.1) is 30.0 Å². The molecule has 180 valence electrons. The van der Waals surface area contributed by atoms with E-state index in [-0.39, 0.29) is 18.2 Å². The predicted octanol–water partition coefficient (Wildman–Crippen LogP) is 3.48. The lowest BCUT2D eigenvalue weighted by Crippen LogP contribution is -2.19. The van der Waals surface area contributed by atoms with Gasteiger partial charge in [-0.25, -0.2) is 14.4 Å². The first kappa shape index (κ1) is 25.0. The molecule has 10 heteroatoms. The molecule has 3 rings (SSSR count). The third-order valence-electron chi connectivity index (χ3n) is 5.00. The van der Waals surface area contributed by atoms with Gasteiger partial charge in [0.1, 0.15) is 5.82 Å². The van der Waals surface area contributed by atoms with Crippen LogP contribution in [0.2, 0.25) is 0 Å². The molecule has 0 aliphatic carbocycles. The predicted molar refractivity (Wildman–Crippen MR) is 126 cm³/mol. The number of rotatable bonds is 10. The number of carbonyl (C=O) groups is 1. The molecule has 0 fully saturated rings. The van der Waals surface area contributed by atoms with Gasteiger partial charge in [0.15, 0.2) is 5.82 Å². The maximum atomic E-state index is 13.6. The first-order valence-electron chi connectivity index (χ1n) is 10.8. The van der Waals surface area contributed by atoms with Gasteiger partial charge < -0.3 is 20.6 Å². The summed E-state index contributed by atoms with van der Waals surface area (Å²) in [4.78, 5) is 20.1. The molecule has 9 nitrogen and oxygen atoms in total. The van der Waals surface area contributed by atoms with E-state index >= 15 is 0 Å². The van der Waals surface area contributed by atoms with E-state index in [1.807, 2.05) is 13.8 Å². The first-order valence-corrected chi connectivity index (χ1v) is 10.8. The van der Waals surface area contributed by atoms with Crippen molar-refractivity contribution in [2.24, 2.45) is 7.05 Å². The summed E-state index contributed by atoms with van der Waals surface area (Å²) in [6.07, 6.45) is 2.04. The lowest BCUT2D eigenvalue weighted by molar-refractivity contribution is -0.139. The summed E-state index contributed by atoms with van der Waals surface area (Å²) >= 11 is 0. The van der Waals surface area contributed by atoms with Crippen LogP contribution >= 0.6 is 0 Å². The second-order valence-corrected chi connectivity index (χ2v) is 8.27. The number of benzene rings is 1. The van der Waals surface area contributed by atoms with Crippen molar-refractivity contribution in [3.63, 3.8) is 0 Å². The molecular formula is C24H28FN5O4. The number of hydrogen-bond acceptors (Lipinski definition) is 7. The molecule has 4 N–H and O–H groups in total. The highest BCUT2D eigenvalue weighted by Gasteiger charge is 2.19. The summed E-state index contributed by atoms with van der Waals surface area (Å²) in [5.74, 6) is -0.673. The normalized spacial score (nSPS) is 13.4. The minimum atomic E-state index is -1.18. The first-order chi connectivity index (χ1) is 16.1. The molecule has 34 heavy (non-hydrogen) atoms. The quantitative estimate of drug-likeness (QED) is 0.355. The number of carboxylic acid groups (broad SMARTS) is 1. The van der Waals surface area contributed by atoms with E-state index in [2.05, 4.69) is 20.4 Å². The summed E-state index contributed by atoms with van der Waals surface area (Å²) in [5, 5.41) is 36.3. The zero-order valence-electron chi connectivity index (χ0n) is 19.2. The van der Waals surface area contributed by atoms with Crippen molar-refractivity contribution in [1.82, 2.24) is 19.7 Å². The molecule has 2 aromatic heterocycles. The summed E-state index contributed by atoms with van der Waals surface area (Å²) in [6.45, 7) is 3.93. The van der Waals surface area contributed by atoms with Crippen molar-refractivity contribution < 1.29 is 24.5 Å². The molecule has 0 aliphatic rings. The van der Waals surface area contributed by atoms with Crippen molar-refractivity contribution in [1.29, 1.82) is 0 Å². The van der Waals surface area contributed by atoms with Gasteiger partial charge in [0.2, 0.25) is 5.95 Å². The highest BCUT2D eigenvalue weighted by Crippen LogP contribution is 2.31. The van der Waals surface area contributed by atoms with Crippen molar-refractivity contribution in [2.45, 2.75) is 44.8 Å². The molecule has 0 aliphatic heterocycles. The topological polar surface area (TPSA) is 133 Å². The number of aliphatic hydroxyl groups is 2. The number of hydrogen-bond donors (Lipinski definition) is 4. The number of aliphatic carboxylic acids is 1. The number of halogens is 1. The van der Waals surface area contributed by atoms with Gasteiger partial charge in [-0.2, -0.15) is 5.10 Å². The van der Waals surface area contributed by atoms with Gasteiger partial charge in [0.25, 0.3) is 0 Å². The Hall–Kier alpha value is -3.63. The van der Waals surface area contributed by atoms with Gasteiger partial charge >= 0.3 is 5.97 Å². The third-order valence-corrected chi connectivity index (χ3v) is 5.00. The van der Waals surface area contributed by atoms with E-state index in [1.165, 1.54) is 18.2 Å². The Labute approximate surface area is 196 Å². The molecule has 0 amide bonds. The van der Waals surface area contributed by atoms with Gasteiger partial charge in [-0.05, 0) is 30.2 Å². The molecule has 0 bridgehead atoms. The molecule has 3 aromatic rings. The van der Waals surface area contributed by atoms with Crippen molar-refractivity contribution >= 4 is 23.8 Å². The molecule has 0 radical (unpaired) electrons. The molecule has 2 atom stereocenters. The number of anilines is 2. The average molecular weight is 470 g/mol. The molecule has 1 aromatic carbocycles. The van der Waals surface area contributed by atoms with Crippen LogP contribution in [0.25, 0.3) is 17.3 Å². The number of aromatic nitrogens is 4. The van der Waals surface area contributed by atoms with Crippen molar-refractivity contribution in [2.75, 3.05) is 5.32 Å². The zero-order valence-corrected chi connectivity index (χ0v) is 19.2. The Kier molecular flexibility index (Phi) is 8.08. The number of aryl methyl sites for hydroxylation is 1. The monoisotopic (exact) mass is 469 g/mol. The van der Waals surface area contributed by atoms with Gasteiger partial charge in [0, 0.05) is 36.9 Å². The van der Waals surface area contributed by atoms with Crippen LogP contribution in [0.5, 0.6) is 0 Å². The molecule has 0 saturated heterocycles. The van der Waals surface area contributed by atoms with E-state index in [9.17, 15) is 19.4 Å². The van der Waals surface area contributed by atoms with Gasteiger partial charge in [-0.1, -0.05) is 26.0 Å². The standard InChI is InChI=1S/C24H28FN5O4/c1-14(2)22-19(9-8-17(31)12-18(32)13-21(33)34)23(15-4-6-16(25)7-5-15)28-24(27-22)26-20-10-11-30(3)29-20/h4-11,14,17-18,31-32H,12-13H2,1-3H3,(H,33,34)(H,26,27,28,29)/b9-8+/t17-,18-/m1/s1. The summed E-state index contributed by atoms with van der Waals surface area (Å²) in [7, 11) is 1.79. The maximum Gasteiger partial charge on any atom is 0.305 e. The Morgan fingerprint density at radius 2 is 1.88 bits per heavy atom. The Bertz CT molecular complexity index is 1160. The molecule has 2 heterocycles. The molecule has 0 saturated carbocycles. The van der Waals surface area contributed by atoms with Crippen molar-refractivity contribution in [3.8, 4) is 11.3 Å². The van der Waals surface area contributed by atoms with E-state index in [0.29, 0.717) is 34.3 Å². The number of nitrogens with zero attached hydrogens (tertiary/aromatic N) is 4. The second-order valence-electron chi connectivity index (χ2n) is 8.27. The Morgan fingerprint density at radius 1 is 1.18 bits per heavy atom. The number of carboxylic acids is 1. The maximum absolute atomic E-state index is 13.6. The van der Waals surface area contributed by atoms with Crippen LogP contribution in [0, 0.1) is 5.82 Å². The second kappa shape index (κ2) is 11.0. The number of nitrogens with one attached hydrogen (secondary N) is 1. The Morgan fingerprint density at radius 3 is 2.47 bits per heavy atom. The van der Waals surface area contributed by atoms with Crippen molar-refractivity contribution in [3.05, 3.63) is 59.7 Å². The lowest BCUT2D eigenvalue weighted by Gasteiger charge is -2.17. The van der Waals surface area contributed by atoms with Crippen LogP contribution in [0.4, 0.5) is 16.2 Å². The molecule has 0 unspecified atom stereocenters. The van der Waals surface area contributed by atoms with Gasteiger partial charge in [-0.15, -0.1) is 0 Å². The van der Waals surface area contributed by atoms with E-state index in [4.69, 9.17) is 5.11 Å². The fourth-order valence-corrected chi connectivity index (χ4v) is 3.42. The fraction of sp³-hybridized carbons (Fsp3) is 0.333. The van der Waals surface area contributed by atoms with Crippen LogP contribution in [0.1, 0.15) is 43.9 Å². The smallest absolute Gasteiger partial charge is 0.305 e. The van der Waals surface area contributed by atoms with E-state index in [0.717, 1.165) is 0 Å². The number of aliphatic hydroxyl groups excluding tert-OH is 2. The molecule has 0 spiro atoms. The minimum absolute atomic E-state index is 0.0270. The third kappa shape index (κ3) is 6.69. The van der Waals surface area contributed by atoms with Crippen LogP contribution < -0.4 is 5.32 Å². The highest BCUT2D eigenvalue weighted by molar-refractivity contribution is 5.75. The fourth-order valence-electron chi connectivity index (χ4n) is 3.42. The van der Waals surface area contributed by atoms with Crippen LogP contribution in [0.15, 0.2) is 42.6 Å². The molecular weight excluding hydrogens is 441 g/mol. The van der Waals surface area contributed by atoms with Crippen LogP contribution in [0.3, 0.4) is 0 Å². The largest absolute Gasteiger partial charge is 0.481 e. The van der Waals surface area contributed by atoms with Gasteiger partial charge in [-0.3, -0.25) is 9.48 Å². The Balaban J connectivity index is 2.03. The summed E-state index contributed by atoms with van der Waals surface area (Å²) < 4.78 is 15.2. The summed E-state index contributed by atoms with van der Waals surface area (Å²) in [6, 6.07) is 7.67. The minimum Gasteiger partial charge on any atom is -0.481 e. The highest BCUT2D eigenvalue weighted by atomic mass is 19.1.